The summed E-state index contributed by atoms with van der Waals surface area (Å²) in [5.74, 6) is -1.51. The summed E-state index contributed by atoms with van der Waals surface area (Å²) in [4.78, 5) is 28.9. The maximum Gasteiger partial charge on any atom is 0.295 e. The summed E-state index contributed by atoms with van der Waals surface area (Å²) in [5, 5.41) is 11.3. The van der Waals surface area contributed by atoms with Crippen LogP contribution in [0.2, 0.25) is 5.02 Å². The predicted molar refractivity (Wildman–Crippen MR) is 105 cm³/mol. The number of hydrogen-bond acceptors (Lipinski definition) is 4. The largest absolute Gasteiger partial charge is 0.507 e. The molecule has 1 saturated heterocycles. The van der Waals surface area contributed by atoms with Gasteiger partial charge in [-0.2, -0.15) is 0 Å². The third kappa shape index (κ3) is 3.75. The maximum absolute atomic E-state index is 12.8. The minimum atomic E-state index is -0.723. The summed E-state index contributed by atoms with van der Waals surface area (Å²) in [5.41, 5.74) is 1.17. The first kappa shape index (κ1) is 19.1. The van der Waals surface area contributed by atoms with Crippen LogP contribution in [0.15, 0.2) is 60.2 Å². The lowest BCUT2D eigenvalue weighted by Crippen LogP contribution is -2.35. The van der Waals surface area contributed by atoms with Crippen molar-refractivity contribution < 1.29 is 14.7 Å². The molecule has 2 aromatic rings. The van der Waals surface area contributed by atoms with Crippen LogP contribution in [0.5, 0.6) is 0 Å². The number of hydrogen-bond donors (Lipinski definition) is 1. The Balaban J connectivity index is 2.17. The van der Waals surface area contributed by atoms with Crippen LogP contribution < -0.4 is 0 Å². The van der Waals surface area contributed by atoms with E-state index in [9.17, 15) is 14.7 Å². The van der Waals surface area contributed by atoms with Gasteiger partial charge in [-0.05, 0) is 25.7 Å². The minimum absolute atomic E-state index is 0.0676. The van der Waals surface area contributed by atoms with Gasteiger partial charge in [0.1, 0.15) is 5.76 Å². The van der Waals surface area contributed by atoms with Gasteiger partial charge in [0, 0.05) is 23.7 Å². The van der Waals surface area contributed by atoms with Crippen molar-refractivity contribution in [1.29, 1.82) is 0 Å². The van der Waals surface area contributed by atoms with Crippen molar-refractivity contribution in [3.05, 3.63) is 76.3 Å². The van der Waals surface area contributed by atoms with E-state index in [1.807, 2.05) is 25.1 Å². The number of amides is 1. The van der Waals surface area contributed by atoms with Gasteiger partial charge >= 0.3 is 0 Å². The summed E-state index contributed by atoms with van der Waals surface area (Å²) in [6.45, 7) is 0.929. The molecule has 0 aromatic heterocycles. The van der Waals surface area contributed by atoms with Crippen molar-refractivity contribution >= 4 is 29.1 Å². The molecular weight excluding hydrogens is 364 g/mol. The molecule has 27 heavy (non-hydrogen) atoms. The Kier molecular flexibility index (Phi) is 5.63. The van der Waals surface area contributed by atoms with E-state index in [1.54, 1.807) is 48.5 Å². The fourth-order valence-corrected chi connectivity index (χ4v) is 3.43. The number of halogens is 1. The summed E-state index contributed by atoms with van der Waals surface area (Å²) < 4.78 is 0. The van der Waals surface area contributed by atoms with E-state index < -0.39 is 17.7 Å². The molecule has 1 aliphatic heterocycles. The highest BCUT2D eigenvalue weighted by Crippen LogP contribution is 2.41. The Morgan fingerprint density at radius 2 is 1.70 bits per heavy atom. The third-order valence-electron chi connectivity index (χ3n) is 4.58. The molecule has 1 atom stereocenters. The average molecular weight is 385 g/mol. The number of likely N-dealkylation sites (tertiary alicyclic amines) is 1. The van der Waals surface area contributed by atoms with Crippen LogP contribution in [-0.4, -0.2) is 53.8 Å². The molecule has 0 saturated carbocycles. The molecule has 1 heterocycles. The van der Waals surface area contributed by atoms with Crippen LogP contribution in [-0.2, 0) is 9.59 Å². The molecule has 0 bridgehead atoms. The number of Topliss-reactive ketones (excluding diaryl/α,β-unsaturated/α-hetero) is 1. The van der Waals surface area contributed by atoms with Crippen LogP contribution in [0, 0.1) is 0 Å². The second-order valence-electron chi connectivity index (χ2n) is 6.68. The molecule has 0 aliphatic carbocycles. The smallest absolute Gasteiger partial charge is 0.295 e. The van der Waals surface area contributed by atoms with Gasteiger partial charge in [-0.25, -0.2) is 0 Å². The quantitative estimate of drug-likeness (QED) is 0.488. The second kappa shape index (κ2) is 7.94. The normalized spacial score (nSPS) is 19.1. The van der Waals surface area contributed by atoms with Crippen molar-refractivity contribution in [1.82, 2.24) is 9.80 Å². The summed E-state index contributed by atoms with van der Waals surface area (Å²) in [7, 11) is 3.79. The topological polar surface area (TPSA) is 60.9 Å². The third-order valence-corrected chi connectivity index (χ3v) is 4.92. The van der Waals surface area contributed by atoms with Gasteiger partial charge in [-0.3, -0.25) is 9.59 Å². The van der Waals surface area contributed by atoms with Crippen molar-refractivity contribution in [2.24, 2.45) is 0 Å². The lowest BCUT2D eigenvalue weighted by atomic mass is 9.95. The zero-order valence-corrected chi connectivity index (χ0v) is 16.0. The van der Waals surface area contributed by atoms with Crippen molar-refractivity contribution in [3.8, 4) is 0 Å². The van der Waals surface area contributed by atoms with E-state index in [0.29, 0.717) is 29.2 Å². The van der Waals surface area contributed by atoms with E-state index in [-0.39, 0.29) is 11.3 Å². The standard InChI is InChI=1S/C21H21ClN2O3/c1-23(2)12-13-24-18(15-10-6-7-11-16(15)22)17(20(26)21(24)27)19(25)14-8-4-3-5-9-14/h3-11,18,25H,12-13H2,1-2H3. The number of benzene rings is 2. The highest BCUT2D eigenvalue weighted by atomic mass is 35.5. The number of carbonyl (C=O) groups excluding carboxylic acids is 2. The van der Waals surface area contributed by atoms with Gasteiger partial charge in [0.15, 0.2) is 0 Å². The number of likely N-dealkylation sites (N-methyl/N-ethyl adjacent to an activating group) is 1. The number of ketones is 1. The van der Waals surface area contributed by atoms with Crippen LogP contribution >= 0.6 is 11.6 Å². The van der Waals surface area contributed by atoms with Crippen molar-refractivity contribution in [2.45, 2.75) is 6.04 Å². The molecule has 2 aromatic carbocycles. The number of carbonyl (C=O) groups is 2. The van der Waals surface area contributed by atoms with E-state index >= 15 is 0 Å². The Labute approximate surface area is 163 Å². The van der Waals surface area contributed by atoms with Crippen LogP contribution in [0.1, 0.15) is 17.2 Å². The Morgan fingerprint density at radius 3 is 2.33 bits per heavy atom. The SMILES string of the molecule is CN(C)CCN1C(=O)C(=O)C(=C(O)c2ccccc2)C1c1ccccc1Cl. The second-order valence-corrected chi connectivity index (χ2v) is 7.09. The highest BCUT2D eigenvalue weighted by Gasteiger charge is 2.46. The van der Waals surface area contributed by atoms with E-state index in [0.717, 1.165) is 0 Å². The molecule has 1 N–H and O–H groups in total. The Morgan fingerprint density at radius 1 is 1.07 bits per heavy atom. The van der Waals surface area contributed by atoms with Crippen LogP contribution in [0.3, 0.4) is 0 Å². The fraction of sp³-hybridized carbons (Fsp3) is 0.238. The van der Waals surface area contributed by atoms with Gasteiger partial charge in [0.25, 0.3) is 11.7 Å². The Bertz CT molecular complexity index is 893. The van der Waals surface area contributed by atoms with Crippen molar-refractivity contribution in [3.63, 3.8) is 0 Å². The molecule has 6 heteroatoms. The molecule has 0 spiro atoms. The number of nitrogens with zero attached hydrogens (tertiary/aromatic N) is 2. The summed E-state index contributed by atoms with van der Waals surface area (Å²) in [6.07, 6.45) is 0. The monoisotopic (exact) mass is 384 g/mol. The van der Waals surface area contributed by atoms with Crippen LogP contribution in [0.25, 0.3) is 5.76 Å². The fourth-order valence-electron chi connectivity index (χ4n) is 3.19. The molecule has 1 amide bonds. The lowest BCUT2D eigenvalue weighted by molar-refractivity contribution is -0.140. The van der Waals surface area contributed by atoms with E-state index in [4.69, 9.17) is 11.6 Å². The summed E-state index contributed by atoms with van der Waals surface area (Å²) >= 11 is 6.38. The Hall–Kier alpha value is -2.63. The average Bonchev–Trinajstić information content (AvgIpc) is 2.91. The first-order chi connectivity index (χ1) is 12.9. The van der Waals surface area contributed by atoms with Gasteiger partial charge in [0.2, 0.25) is 0 Å². The van der Waals surface area contributed by atoms with E-state index in [2.05, 4.69) is 0 Å². The maximum atomic E-state index is 12.8. The number of aliphatic hydroxyl groups excluding tert-OH is 1. The lowest BCUT2D eigenvalue weighted by Gasteiger charge is -2.27. The first-order valence-corrected chi connectivity index (χ1v) is 9.02. The number of rotatable bonds is 5. The minimum Gasteiger partial charge on any atom is -0.507 e. The molecular formula is C21H21ClN2O3. The van der Waals surface area contributed by atoms with Gasteiger partial charge in [0.05, 0.1) is 11.6 Å². The molecule has 0 radical (unpaired) electrons. The molecule has 1 unspecified atom stereocenters. The zero-order valence-electron chi connectivity index (χ0n) is 15.2. The molecule has 1 aliphatic rings. The molecule has 140 valence electrons. The first-order valence-electron chi connectivity index (χ1n) is 8.64. The van der Waals surface area contributed by atoms with Gasteiger partial charge in [-0.15, -0.1) is 0 Å². The number of aliphatic hydroxyl groups is 1. The van der Waals surface area contributed by atoms with Gasteiger partial charge < -0.3 is 14.9 Å². The van der Waals surface area contributed by atoms with Crippen LogP contribution in [0.4, 0.5) is 0 Å². The predicted octanol–water partition coefficient (Wildman–Crippen LogP) is 3.32. The molecule has 1 fully saturated rings. The molecule has 3 rings (SSSR count). The zero-order chi connectivity index (χ0) is 19.6. The summed E-state index contributed by atoms with van der Waals surface area (Å²) in [6, 6.07) is 15.1. The van der Waals surface area contributed by atoms with Crippen molar-refractivity contribution in [2.75, 3.05) is 27.2 Å². The highest BCUT2D eigenvalue weighted by molar-refractivity contribution is 6.47. The van der Waals surface area contributed by atoms with Gasteiger partial charge in [-0.1, -0.05) is 60.1 Å². The molecule has 5 nitrogen and oxygen atoms in total. The van der Waals surface area contributed by atoms with E-state index in [1.165, 1.54) is 4.90 Å².